The fourth-order valence-electron chi connectivity index (χ4n) is 4.69. The largest absolute Gasteiger partial charge is 0.487 e. The zero-order valence-corrected chi connectivity index (χ0v) is 17.1. The summed E-state index contributed by atoms with van der Waals surface area (Å²) in [7, 11) is 0. The van der Waals surface area contributed by atoms with E-state index in [4.69, 9.17) is 21.1 Å². The predicted molar refractivity (Wildman–Crippen MR) is 108 cm³/mol. The number of rotatable bonds is 3. The van der Waals surface area contributed by atoms with Crippen LogP contribution in [-0.4, -0.2) is 22.8 Å². The minimum atomic E-state index is -0.941. The number of carboxylic acid groups (broad SMARTS) is 1. The molecule has 0 spiro atoms. The van der Waals surface area contributed by atoms with Crippen molar-refractivity contribution in [2.24, 2.45) is 5.92 Å². The van der Waals surface area contributed by atoms with Crippen LogP contribution in [0.1, 0.15) is 67.1 Å². The number of hydrogen-bond acceptors (Lipinski definition) is 3. The first-order valence-corrected chi connectivity index (χ1v) is 10.1. The minimum absolute atomic E-state index is 0.0370. The van der Waals surface area contributed by atoms with Gasteiger partial charge in [0.1, 0.15) is 11.4 Å². The van der Waals surface area contributed by atoms with E-state index in [9.17, 15) is 9.90 Å². The molecule has 4 rings (SSSR count). The van der Waals surface area contributed by atoms with E-state index in [1.807, 2.05) is 18.2 Å². The van der Waals surface area contributed by atoms with Gasteiger partial charge in [-0.05, 0) is 62.6 Å². The van der Waals surface area contributed by atoms with Crippen molar-refractivity contribution < 1.29 is 19.4 Å². The van der Waals surface area contributed by atoms with Crippen LogP contribution in [0.15, 0.2) is 42.5 Å². The van der Waals surface area contributed by atoms with Crippen molar-refractivity contribution in [2.75, 3.05) is 0 Å². The number of halogens is 1. The van der Waals surface area contributed by atoms with Gasteiger partial charge < -0.3 is 14.6 Å². The molecule has 5 heteroatoms. The molecule has 1 fully saturated rings. The highest BCUT2D eigenvalue weighted by Crippen LogP contribution is 2.54. The van der Waals surface area contributed by atoms with Crippen LogP contribution in [0.25, 0.3) is 0 Å². The Balaban J connectivity index is 1.75. The van der Waals surface area contributed by atoms with E-state index < -0.39 is 11.6 Å². The Labute approximate surface area is 170 Å². The zero-order valence-electron chi connectivity index (χ0n) is 16.3. The summed E-state index contributed by atoms with van der Waals surface area (Å²) in [5.41, 5.74) is 1.86. The Morgan fingerprint density at radius 3 is 2.71 bits per heavy atom. The highest BCUT2D eigenvalue weighted by molar-refractivity contribution is 6.30. The standard InChI is InChI=1S/C23H25ClO4/c1-4-19-16(13-6-5-7-15(24)10-13)12-18-21(27-19)17-11-14(22(25)26)8-9-20(17)28-23(18,2)3/h5-11,16,18-19,21H,4,12H2,1-3H3,(H,25,26)/t16-,18-,19-,21+/m0/s1. The number of carboxylic acids is 1. The third-order valence-electron chi connectivity index (χ3n) is 6.15. The molecule has 0 unspecified atom stereocenters. The van der Waals surface area contributed by atoms with Crippen LogP contribution in [0.3, 0.4) is 0 Å². The van der Waals surface area contributed by atoms with E-state index in [-0.39, 0.29) is 29.6 Å². The second kappa shape index (κ2) is 7.09. The molecule has 0 aromatic heterocycles. The number of aromatic carboxylic acids is 1. The van der Waals surface area contributed by atoms with Crippen molar-refractivity contribution in [2.45, 2.75) is 57.3 Å². The van der Waals surface area contributed by atoms with Gasteiger partial charge in [-0.15, -0.1) is 0 Å². The highest BCUT2D eigenvalue weighted by Gasteiger charge is 2.50. The average molecular weight is 401 g/mol. The van der Waals surface area contributed by atoms with Gasteiger partial charge in [-0.3, -0.25) is 0 Å². The smallest absolute Gasteiger partial charge is 0.335 e. The number of hydrogen-bond donors (Lipinski definition) is 1. The lowest BCUT2D eigenvalue weighted by atomic mass is 9.70. The summed E-state index contributed by atoms with van der Waals surface area (Å²) < 4.78 is 12.9. The van der Waals surface area contributed by atoms with Crippen molar-refractivity contribution in [3.05, 3.63) is 64.2 Å². The van der Waals surface area contributed by atoms with Crippen LogP contribution in [0.5, 0.6) is 5.75 Å². The summed E-state index contributed by atoms with van der Waals surface area (Å²) in [6.07, 6.45) is 1.62. The van der Waals surface area contributed by atoms with Gasteiger partial charge in [-0.1, -0.05) is 30.7 Å². The van der Waals surface area contributed by atoms with Crippen molar-refractivity contribution in [1.82, 2.24) is 0 Å². The number of ether oxygens (including phenoxy) is 2. The van der Waals surface area contributed by atoms with Crippen LogP contribution in [0.2, 0.25) is 5.02 Å². The molecule has 4 atom stereocenters. The maximum atomic E-state index is 11.5. The third kappa shape index (κ3) is 3.29. The van der Waals surface area contributed by atoms with Crippen LogP contribution < -0.4 is 4.74 Å². The summed E-state index contributed by atoms with van der Waals surface area (Å²) in [6, 6.07) is 13.0. The molecule has 2 heterocycles. The van der Waals surface area contributed by atoms with Gasteiger partial charge in [0.25, 0.3) is 0 Å². The fraction of sp³-hybridized carbons (Fsp3) is 0.435. The monoisotopic (exact) mass is 400 g/mol. The van der Waals surface area contributed by atoms with Crippen LogP contribution in [-0.2, 0) is 4.74 Å². The summed E-state index contributed by atoms with van der Waals surface area (Å²) in [5, 5.41) is 10.1. The molecule has 2 aliphatic rings. The Bertz CT molecular complexity index is 907. The van der Waals surface area contributed by atoms with Crippen molar-refractivity contribution in [3.63, 3.8) is 0 Å². The Morgan fingerprint density at radius 2 is 2.04 bits per heavy atom. The average Bonchev–Trinajstić information content (AvgIpc) is 2.66. The zero-order chi connectivity index (χ0) is 20.1. The molecule has 1 N–H and O–H groups in total. The molecule has 28 heavy (non-hydrogen) atoms. The Hall–Kier alpha value is -2.04. The maximum absolute atomic E-state index is 11.5. The predicted octanol–water partition coefficient (Wildman–Crippen LogP) is 5.85. The van der Waals surface area contributed by atoms with Crippen LogP contribution in [0, 0.1) is 5.92 Å². The molecular weight excluding hydrogens is 376 g/mol. The highest BCUT2D eigenvalue weighted by atomic mass is 35.5. The van der Waals surface area contributed by atoms with E-state index in [1.165, 1.54) is 5.56 Å². The van der Waals surface area contributed by atoms with Crippen LogP contribution in [0.4, 0.5) is 0 Å². The van der Waals surface area contributed by atoms with Gasteiger partial charge >= 0.3 is 5.97 Å². The van der Waals surface area contributed by atoms with E-state index in [0.29, 0.717) is 5.75 Å². The van der Waals surface area contributed by atoms with Gasteiger partial charge in [-0.25, -0.2) is 4.79 Å². The third-order valence-corrected chi connectivity index (χ3v) is 6.39. The first-order valence-electron chi connectivity index (χ1n) is 9.77. The molecule has 2 aromatic rings. The van der Waals surface area contributed by atoms with Gasteiger partial charge in [-0.2, -0.15) is 0 Å². The second-order valence-corrected chi connectivity index (χ2v) is 8.71. The summed E-state index contributed by atoms with van der Waals surface area (Å²) in [5.74, 6) is 0.101. The molecule has 0 saturated carbocycles. The molecule has 1 saturated heterocycles. The second-order valence-electron chi connectivity index (χ2n) is 8.27. The molecule has 2 aromatic carbocycles. The normalized spacial score (nSPS) is 28.0. The minimum Gasteiger partial charge on any atom is -0.487 e. The topological polar surface area (TPSA) is 55.8 Å². The summed E-state index contributed by atoms with van der Waals surface area (Å²) in [4.78, 5) is 11.5. The van der Waals surface area contributed by atoms with E-state index in [0.717, 1.165) is 23.4 Å². The molecule has 4 nitrogen and oxygen atoms in total. The van der Waals surface area contributed by atoms with Crippen molar-refractivity contribution >= 4 is 17.6 Å². The SMILES string of the molecule is CC[C@@H]1O[C@@H]2c3cc(C(=O)O)ccc3OC(C)(C)[C@H]2C[C@H]1c1cccc(Cl)c1. The maximum Gasteiger partial charge on any atom is 0.335 e. The van der Waals surface area contributed by atoms with E-state index in [1.54, 1.807) is 18.2 Å². The van der Waals surface area contributed by atoms with Crippen LogP contribution >= 0.6 is 11.6 Å². The lowest BCUT2D eigenvalue weighted by Crippen LogP contribution is -2.50. The van der Waals surface area contributed by atoms with E-state index in [2.05, 4.69) is 26.8 Å². The molecule has 0 amide bonds. The van der Waals surface area contributed by atoms with Crippen molar-refractivity contribution in [1.29, 1.82) is 0 Å². The number of carbonyl (C=O) groups is 1. The number of benzene rings is 2. The van der Waals surface area contributed by atoms with Gasteiger partial charge in [0.05, 0.1) is 17.8 Å². The molecule has 0 aliphatic carbocycles. The molecule has 0 radical (unpaired) electrons. The number of fused-ring (bicyclic) bond motifs is 3. The molecular formula is C23H25ClO4. The lowest BCUT2D eigenvalue weighted by Gasteiger charge is -2.51. The fourth-order valence-corrected chi connectivity index (χ4v) is 4.89. The summed E-state index contributed by atoms with van der Waals surface area (Å²) >= 11 is 6.24. The molecule has 148 valence electrons. The van der Waals surface area contributed by atoms with Crippen molar-refractivity contribution in [3.8, 4) is 5.75 Å². The Morgan fingerprint density at radius 1 is 1.25 bits per heavy atom. The van der Waals surface area contributed by atoms with E-state index >= 15 is 0 Å². The first-order chi connectivity index (χ1) is 13.3. The quantitative estimate of drug-likeness (QED) is 0.702. The summed E-state index contributed by atoms with van der Waals surface area (Å²) in [6.45, 7) is 6.30. The van der Waals surface area contributed by atoms with Gasteiger partial charge in [0.2, 0.25) is 0 Å². The lowest BCUT2D eigenvalue weighted by molar-refractivity contribution is -0.159. The Kier molecular flexibility index (Phi) is 4.88. The molecule has 0 bridgehead atoms. The van der Waals surface area contributed by atoms with Gasteiger partial charge in [0, 0.05) is 22.4 Å². The molecule has 2 aliphatic heterocycles. The van der Waals surface area contributed by atoms with Gasteiger partial charge in [0.15, 0.2) is 0 Å². The first kappa shape index (κ1) is 19.3.